The summed E-state index contributed by atoms with van der Waals surface area (Å²) in [5.41, 5.74) is 5.99. The molecule has 0 radical (unpaired) electrons. The quantitative estimate of drug-likeness (QED) is 0.181. The SMILES string of the molecule is C=COc1ccccc1-c1cn(OC(C)C)cc(-c2ccc(CC#CCC)cc2CC#CCC)c1=S. The van der Waals surface area contributed by atoms with E-state index in [1.165, 1.54) is 11.8 Å². The summed E-state index contributed by atoms with van der Waals surface area (Å²) in [7, 11) is 0. The monoisotopic (exact) mass is 495 g/mol. The van der Waals surface area contributed by atoms with Crippen LogP contribution in [-0.2, 0) is 12.8 Å². The zero-order valence-electron chi connectivity index (χ0n) is 21.6. The molecule has 0 unspecified atom stereocenters. The lowest BCUT2D eigenvalue weighted by Crippen LogP contribution is -2.19. The molecule has 3 rings (SSSR count). The van der Waals surface area contributed by atoms with Crippen LogP contribution in [0.5, 0.6) is 5.75 Å². The minimum Gasteiger partial charge on any atom is -0.465 e. The van der Waals surface area contributed by atoms with E-state index in [9.17, 15) is 0 Å². The van der Waals surface area contributed by atoms with Crippen molar-refractivity contribution >= 4 is 12.2 Å². The van der Waals surface area contributed by atoms with Crippen LogP contribution in [0.4, 0.5) is 0 Å². The molecule has 0 aliphatic heterocycles. The first-order chi connectivity index (χ1) is 17.5. The van der Waals surface area contributed by atoms with Crippen molar-refractivity contribution in [2.75, 3.05) is 0 Å². The summed E-state index contributed by atoms with van der Waals surface area (Å²) in [5.74, 6) is 13.6. The number of nitrogens with zero attached hydrogens (tertiary/aromatic N) is 1. The highest BCUT2D eigenvalue weighted by atomic mass is 32.1. The number of benzene rings is 2. The number of hydrogen-bond donors (Lipinski definition) is 0. The van der Waals surface area contributed by atoms with Crippen LogP contribution in [0, 0.1) is 28.2 Å². The molecular weight excluding hydrogens is 462 g/mol. The molecule has 4 heteroatoms. The molecule has 0 N–H and O–H groups in total. The van der Waals surface area contributed by atoms with Gasteiger partial charge in [0.1, 0.15) is 11.9 Å². The fourth-order valence-corrected chi connectivity index (χ4v) is 4.19. The molecule has 0 fully saturated rings. The molecule has 0 aliphatic rings. The minimum atomic E-state index is -0.0132. The molecule has 36 heavy (non-hydrogen) atoms. The van der Waals surface area contributed by atoms with Gasteiger partial charge < -0.3 is 9.57 Å². The topological polar surface area (TPSA) is 23.4 Å². The van der Waals surface area contributed by atoms with E-state index in [0.717, 1.165) is 45.2 Å². The summed E-state index contributed by atoms with van der Waals surface area (Å²) < 4.78 is 8.17. The van der Waals surface area contributed by atoms with Crippen molar-refractivity contribution in [3.8, 4) is 51.7 Å². The van der Waals surface area contributed by atoms with E-state index in [1.807, 2.05) is 50.5 Å². The Morgan fingerprint density at radius 3 is 2.22 bits per heavy atom. The van der Waals surface area contributed by atoms with Crippen molar-refractivity contribution in [2.24, 2.45) is 0 Å². The van der Waals surface area contributed by atoms with E-state index in [-0.39, 0.29) is 6.10 Å². The van der Waals surface area contributed by atoms with Gasteiger partial charge in [0.2, 0.25) is 0 Å². The first-order valence-electron chi connectivity index (χ1n) is 12.3. The van der Waals surface area contributed by atoms with Crippen LogP contribution in [0.2, 0.25) is 0 Å². The Bertz CT molecular complexity index is 1390. The molecular formula is C32H33NO2S. The minimum absolute atomic E-state index is 0.0132. The second-order valence-electron chi connectivity index (χ2n) is 8.47. The number of aromatic nitrogens is 1. The Morgan fingerprint density at radius 2 is 1.56 bits per heavy atom. The van der Waals surface area contributed by atoms with Crippen LogP contribution in [0.1, 0.15) is 51.7 Å². The van der Waals surface area contributed by atoms with E-state index in [2.05, 4.69) is 62.3 Å². The Balaban J connectivity index is 2.25. The summed E-state index contributed by atoms with van der Waals surface area (Å²) in [6.07, 6.45) is 8.32. The first-order valence-corrected chi connectivity index (χ1v) is 12.7. The third-order valence-corrected chi connectivity index (χ3v) is 5.80. The lowest BCUT2D eigenvalue weighted by atomic mass is 9.94. The van der Waals surface area contributed by atoms with E-state index in [4.69, 9.17) is 21.8 Å². The van der Waals surface area contributed by atoms with Gasteiger partial charge >= 0.3 is 0 Å². The van der Waals surface area contributed by atoms with E-state index in [1.54, 1.807) is 4.73 Å². The maximum atomic E-state index is 6.08. The molecule has 2 aromatic carbocycles. The van der Waals surface area contributed by atoms with E-state index in [0.29, 0.717) is 18.6 Å². The van der Waals surface area contributed by atoms with Gasteiger partial charge in [-0.1, -0.05) is 80.9 Å². The second-order valence-corrected chi connectivity index (χ2v) is 8.88. The van der Waals surface area contributed by atoms with Crippen LogP contribution in [-0.4, -0.2) is 10.8 Å². The first kappa shape index (κ1) is 26.9. The summed E-state index contributed by atoms with van der Waals surface area (Å²) in [6, 6.07) is 14.3. The number of pyridine rings is 1. The van der Waals surface area contributed by atoms with Crippen molar-refractivity contribution in [1.29, 1.82) is 0 Å². The lowest BCUT2D eigenvalue weighted by molar-refractivity contribution is 0.0592. The third-order valence-electron chi connectivity index (χ3n) is 5.36. The molecule has 0 amide bonds. The van der Waals surface area contributed by atoms with Gasteiger partial charge in [0.15, 0.2) is 0 Å². The van der Waals surface area contributed by atoms with Crippen LogP contribution in [0.25, 0.3) is 22.3 Å². The lowest BCUT2D eigenvalue weighted by Gasteiger charge is -2.19. The highest BCUT2D eigenvalue weighted by molar-refractivity contribution is 7.71. The number of hydrogen-bond acceptors (Lipinski definition) is 3. The Labute approximate surface area is 220 Å². The van der Waals surface area contributed by atoms with E-state index >= 15 is 0 Å². The van der Waals surface area contributed by atoms with Crippen LogP contribution >= 0.6 is 12.2 Å². The smallest absolute Gasteiger partial charge is 0.134 e. The van der Waals surface area contributed by atoms with Crippen LogP contribution in [0.3, 0.4) is 0 Å². The Kier molecular flexibility index (Phi) is 9.99. The van der Waals surface area contributed by atoms with Crippen LogP contribution in [0.15, 0.2) is 67.7 Å². The molecule has 0 aliphatic carbocycles. The third kappa shape index (κ3) is 6.91. The molecule has 0 saturated carbocycles. The second kappa shape index (κ2) is 13.4. The van der Waals surface area contributed by atoms with Crippen molar-refractivity contribution in [3.63, 3.8) is 0 Å². The van der Waals surface area contributed by atoms with Crippen molar-refractivity contribution in [1.82, 2.24) is 4.73 Å². The van der Waals surface area contributed by atoms with Crippen molar-refractivity contribution in [3.05, 3.63) is 83.3 Å². The molecule has 0 spiro atoms. The van der Waals surface area contributed by atoms with Gasteiger partial charge in [-0.05, 0) is 36.6 Å². The molecule has 0 bridgehead atoms. The molecule has 0 atom stereocenters. The maximum Gasteiger partial charge on any atom is 0.134 e. The fourth-order valence-electron chi connectivity index (χ4n) is 3.86. The van der Waals surface area contributed by atoms with Gasteiger partial charge in [-0.25, -0.2) is 0 Å². The largest absolute Gasteiger partial charge is 0.465 e. The summed E-state index contributed by atoms with van der Waals surface area (Å²) >= 11 is 6.08. The van der Waals surface area contributed by atoms with Gasteiger partial charge in [-0.15, -0.1) is 11.8 Å². The zero-order chi connectivity index (χ0) is 25.9. The van der Waals surface area contributed by atoms with Crippen molar-refractivity contribution < 1.29 is 9.57 Å². The molecule has 0 saturated heterocycles. The molecule has 1 heterocycles. The fraction of sp³-hybridized carbons (Fsp3) is 0.281. The van der Waals surface area contributed by atoms with Crippen molar-refractivity contribution in [2.45, 2.75) is 59.5 Å². The summed E-state index contributed by atoms with van der Waals surface area (Å²) in [4.78, 5) is 6.08. The van der Waals surface area contributed by atoms with Gasteiger partial charge in [-0.2, -0.15) is 4.73 Å². The highest BCUT2D eigenvalue weighted by Crippen LogP contribution is 2.36. The molecule has 184 valence electrons. The van der Waals surface area contributed by atoms with Crippen LogP contribution < -0.4 is 9.57 Å². The van der Waals surface area contributed by atoms with Gasteiger partial charge in [0.05, 0.1) is 23.2 Å². The molecule has 3 nitrogen and oxygen atoms in total. The Morgan fingerprint density at radius 1 is 0.889 bits per heavy atom. The number of rotatable bonds is 8. The maximum absolute atomic E-state index is 6.08. The van der Waals surface area contributed by atoms with E-state index < -0.39 is 0 Å². The molecule has 1 aromatic heterocycles. The predicted octanol–water partition coefficient (Wildman–Crippen LogP) is 7.82. The summed E-state index contributed by atoms with van der Waals surface area (Å²) in [5, 5.41) is 0. The average Bonchev–Trinajstić information content (AvgIpc) is 2.86. The van der Waals surface area contributed by atoms with Gasteiger partial charge in [0, 0.05) is 42.4 Å². The Hall–Kier alpha value is -3.73. The standard InChI is InChI=1S/C32H33NO2S/c1-6-9-11-15-25-19-20-27(26(21-25)16-12-10-7-2)29-22-33(35-24(4)5)23-30(32(29)36)28-17-13-14-18-31(28)34-8-3/h8,13-14,17-24H,3,6-7,15-16H2,1-2,4-5H3. The number of para-hydroxylation sites is 1. The highest BCUT2D eigenvalue weighted by Gasteiger charge is 2.16. The average molecular weight is 496 g/mol. The predicted molar refractivity (Wildman–Crippen MR) is 152 cm³/mol. The normalized spacial score (nSPS) is 10.1. The summed E-state index contributed by atoms with van der Waals surface area (Å²) in [6.45, 7) is 11.8. The number of ether oxygens (including phenoxy) is 1. The van der Waals surface area contributed by atoms with Gasteiger partial charge in [-0.3, -0.25) is 0 Å². The zero-order valence-corrected chi connectivity index (χ0v) is 22.4. The van der Waals surface area contributed by atoms with Gasteiger partial charge in [0.25, 0.3) is 0 Å². The molecule has 3 aromatic rings.